The van der Waals surface area contributed by atoms with Crippen LogP contribution in [0.15, 0.2) is 60.8 Å². The van der Waals surface area contributed by atoms with E-state index in [0.29, 0.717) is 5.69 Å². The molecule has 1 aromatic heterocycles. The fourth-order valence-corrected chi connectivity index (χ4v) is 2.46. The maximum atomic E-state index is 11.5. The smallest absolute Gasteiger partial charge is 0.247 e. The quantitative estimate of drug-likeness (QED) is 0.455. The lowest BCUT2D eigenvalue weighted by molar-refractivity contribution is -0.111. The van der Waals surface area contributed by atoms with Gasteiger partial charge in [-0.15, -0.1) is 0 Å². The van der Waals surface area contributed by atoms with Gasteiger partial charge in [0.2, 0.25) is 5.91 Å². The third-order valence-electron chi connectivity index (χ3n) is 3.62. The minimum atomic E-state index is -0.248. The van der Waals surface area contributed by atoms with Gasteiger partial charge < -0.3 is 16.4 Å². The summed E-state index contributed by atoms with van der Waals surface area (Å²) in [5.74, 6) is 0.486. The number of carbonyl (C=O) groups is 1. The Kier molecular flexibility index (Phi) is 6.52. The predicted octanol–water partition coefficient (Wildman–Crippen LogP) is 3.00. The lowest BCUT2D eigenvalue weighted by atomic mass is 10.1. The molecular weight excluding hydrogens is 326 g/mol. The van der Waals surface area contributed by atoms with Gasteiger partial charge in [-0.25, -0.2) is 4.98 Å². The number of aryl methyl sites for hydroxylation is 1. The number of nitrogens with zero attached hydrogens (tertiary/aromatic N) is 1. The van der Waals surface area contributed by atoms with Crippen LogP contribution < -0.4 is 21.7 Å². The van der Waals surface area contributed by atoms with Crippen LogP contribution in [0.4, 0.5) is 11.5 Å². The van der Waals surface area contributed by atoms with Crippen LogP contribution in [0.25, 0.3) is 11.3 Å². The second kappa shape index (κ2) is 8.82. The van der Waals surface area contributed by atoms with Crippen molar-refractivity contribution in [3.05, 3.63) is 66.4 Å². The van der Waals surface area contributed by atoms with Gasteiger partial charge in [-0.2, -0.15) is 0 Å². The number of likely N-dealkylation sites (N-methyl/N-ethyl adjacent to an activating group) is 1. The number of carbonyl (C=O) groups excluding carboxylic acids is 1. The van der Waals surface area contributed by atoms with Crippen molar-refractivity contribution in [3.8, 4) is 11.3 Å². The van der Waals surface area contributed by atoms with Crippen molar-refractivity contribution in [1.29, 1.82) is 0 Å². The van der Waals surface area contributed by atoms with E-state index in [2.05, 4.69) is 27.5 Å². The molecule has 6 nitrogen and oxygen atoms in total. The zero-order valence-corrected chi connectivity index (χ0v) is 15.3. The Bertz CT molecular complexity index is 825. The number of pyridine rings is 1. The molecule has 0 saturated heterocycles. The van der Waals surface area contributed by atoms with Crippen LogP contribution in [-0.4, -0.2) is 24.1 Å². The number of benzene rings is 1. The van der Waals surface area contributed by atoms with Crippen LogP contribution in [0.5, 0.6) is 0 Å². The fourth-order valence-electron chi connectivity index (χ4n) is 2.46. The Balaban J connectivity index is 2.32. The van der Waals surface area contributed by atoms with Crippen LogP contribution >= 0.6 is 0 Å². The number of hydrogen-bond acceptors (Lipinski definition) is 5. The molecule has 0 bridgehead atoms. The average molecular weight is 351 g/mol. The zero-order chi connectivity index (χ0) is 19.1. The second-order valence-electron chi connectivity index (χ2n) is 6.01. The number of amides is 1. The molecule has 1 atom stereocenters. The van der Waals surface area contributed by atoms with E-state index >= 15 is 0 Å². The van der Waals surface area contributed by atoms with Gasteiger partial charge in [0.15, 0.2) is 0 Å². The van der Waals surface area contributed by atoms with Crippen LogP contribution in [0.1, 0.15) is 12.5 Å². The first-order valence-electron chi connectivity index (χ1n) is 8.31. The first-order chi connectivity index (χ1) is 12.4. The number of rotatable bonds is 7. The molecular formula is C20H25N5O. The predicted molar refractivity (Wildman–Crippen MR) is 108 cm³/mol. The van der Waals surface area contributed by atoms with E-state index < -0.39 is 0 Å². The Morgan fingerprint density at radius 1 is 1.31 bits per heavy atom. The molecule has 6 heteroatoms. The molecule has 5 N–H and O–H groups in total. The van der Waals surface area contributed by atoms with Gasteiger partial charge in [0, 0.05) is 16.9 Å². The SMILES string of the molecule is C=CC(=O)Nc1cccc(-c2cc(C)cc(NC(/C=C(/C)N)NC)n2)c1. The Morgan fingerprint density at radius 2 is 2.08 bits per heavy atom. The second-order valence-corrected chi connectivity index (χ2v) is 6.01. The van der Waals surface area contributed by atoms with Crippen LogP contribution in [0.2, 0.25) is 0 Å². The summed E-state index contributed by atoms with van der Waals surface area (Å²) in [7, 11) is 1.85. The monoisotopic (exact) mass is 351 g/mol. The van der Waals surface area contributed by atoms with Gasteiger partial charge >= 0.3 is 0 Å². The van der Waals surface area contributed by atoms with Crippen molar-refractivity contribution in [2.24, 2.45) is 5.73 Å². The molecule has 26 heavy (non-hydrogen) atoms. The molecule has 1 heterocycles. The Morgan fingerprint density at radius 3 is 2.73 bits per heavy atom. The van der Waals surface area contributed by atoms with Gasteiger partial charge in [-0.3, -0.25) is 10.1 Å². The molecule has 1 unspecified atom stereocenters. The molecule has 1 aromatic carbocycles. The van der Waals surface area contributed by atoms with Crippen LogP contribution in [0.3, 0.4) is 0 Å². The molecule has 0 spiro atoms. The molecule has 0 aliphatic heterocycles. The summed E-state index contributed by atoms with van der Waals surface area (Å²) in [5.41, 5.74) is 9.96. The van der Waals surface area contributed by atoms with E-state index in [9.17, 15) is 4.79 Å². The van der Waals surface area contributed by atoms with Crippen molar-refractivity contribution in [2.45, 2.75) is 20.0 Å². The summed E-state index contributed by atoms with van der Waals surface area (Å²) in [5, 5.41) is 9.20. The van der Waals surface area contributed by atoms with Crippen molar-refractivity contribution in [1.82, 2.24) is 10.3 Å². The summed E-state index contributed by atoms with van der Waals surface area (Å²) < 4.78 is 0. The highest BCUT2D eigenvalue weighted by molar-refractivity contribution is 5.99. The molecule has 0 aliphatic carbocycles. The van der Waals surface area contributed by atoms with E-state index in [1.54, 1.807) is 0 Å². The van der Waals surface area contributed by atoms with Gasteiger partial charge in [0.25, 0.3) is 0 Å². The normalized spacial score (nSPS) is 12.3. The molecule has 2 aromatic rings. The van der Waals surface area contributed by atoms with Gasteiger partial charge in [0.1, 0.15) is 5.82 Å². The van der Waals surface area contributed by atoms with Crippen molar-refractivity contribution < 1.29 is 4.79 Å². The molecule has 0 saturated carbocycles. The summed E-state index contributed by atoms with van der Waals surface area (Å²) in [6.45, 7) is 7.31. The van der Waals surface area contributed by atoms with E-state index in [1.165, 1.54) is 6.08 Å². The largest absolute Gasteiger partial charge is 0.402 e. The molecule has 1 amide bonds. The van der Waals surface area contributed by atoms with E-state index in [1.807, 2.05) is 63.4 Å². The highest BCUT2D eigenvalue weighted by atomic mass is 16.1. The zero-order valence-electron chi connectivity index (χ0n) is 15.3. The number of anilines is 2. The van der Waals surface area contributed by atoms with E-state index in [0.717, 1.165) is 28.3 Å². The van der Waals surface area contributed by atoms with E-state index in [4.69, 9.17) is 5.73 Å². The van der Waals surface area contributed by atoms with Crippen LogP contribution in [-0.2, 0) is 4.79 Å². The lowest BCUT2D eigenvalue weighted by Crippen LogP contribution is -2.32. The van der Waals surface area contributed by atoms with Crippen molar-refractivity contribution in [3.63, 3.8) is 0 Å². The molecule has 0 fully saturated rings. The molecule has 0 radical (unpaired) electrons. The third kappa shape index (κ3) is 5.46. The van der Waals surface area contributed by atoms with Gasteiger partial charge in [0.05, 0.1) is 11.9 Å². The minimum Gasteiger partial charge on any atom is -0.402 e. The van der Waals surface area contributed by atoms with Crippen LogP contribution in [0, 0.1) is 6.92 Å². The van der Waals surface area contributed by atoms with Crippen molar-refractivity contribution in [2.75, 3.05) is 17.7 Å². The lowest BCUT2D eigenvalue weighted by Gasteiger charge is -2.17. The number of nitrogens with two attached hydrogens (primary N) is 1. The number of hydrogen-bond donors (Lipinski definition) is 4. The minimum absolute atomic E-state index is 0.125. The highest BCUT2D eigenvalue weighted by Gasteiger charge is 2.08. The topological polar surface area (TPSA) is 92.1 Å². The third-order valence-corrected chi connectivity index (χ3v) is 3.62. The average Bonchev–Trinajstić information content (AvgIpc) is 2.60. The number of allylic oxidation sites excluding steroid dienone is 1. The van der Waals surface area contributed by atoms with Gasteiger partial charge in [-0.05, 0) is 62.9 Å². The van der Waals surface area contributed by atoms with Crippen molar-refractivity contribution >= 4 is 17.4 Å². The highest BCUT2D eigenvalue weighted by Crippen LogP contribution is 2.24. The maximum absolute atomic E-state index is 11.5. The number of aromatic nitrogens is 1. The maximum Gasteiger partial charge on any atom is 0.247 e. The van der Waals surface area contributed by atoms with Gasteiger partial charge in [-0.1, -0.05) is 18.7 Å². The fraction of sp³-hybridized carbons (Fsp3) is 0.200. The summed E-state index contributed by atoms with van der Waals surface area (Å²) in [6, 6.07) is 11.5. The Labute approximate surface area is 154 Å². The molecule has 0 aliphatic rings. The number of nitrogens with one attached hydrogen (secondary N) is 3. The molecule has 136 valence electrons. The first kappa shape index (κ1) is 19.2. The summed E-state index contributed by atoms with van der Waals surface area (Å²) >= 11 is 0. The molecule has 2 rings (SSSR count). The standard InChI is InChI=1S/C20H25N5O/c1-5-20(26)23-16-8-6-7-15(12-16)17-9-13(2)10-19(24-17)25-18(22-4)11-14(3)21/h5-12,18,22H,1,21H2,2-4H3,(H,23,26)(H,24,25)/b14-11-. The van der Waals surface area contributed by atoms with E-state index in [-0.39, 0.29) is 12.1 Å². The Hall–Kier alpha value is -3.12. The first-order valence-corrected chi connectivity index (χ1v) is 8.31. The summed E-state index contributed by atoms with van der Waals surface area (Å²) in [4.78, 5) is 16.2. The summed E-state index contributed by atoms with van der Waals surface area (Å²) in [6.07, 6.45) is 3.00.